The molecule has 22 nitrogen and oxygen atoms in total. The summed E-state index contributed by atoms with van der Waals surface area (Å²) in [6.45, 7) is 10.5. The molecule has 7 fully saturated rings. The maximum absolute atomic E-state index is 11.8. The Hall–Kier alpha value is -1.14. The average molecular weight is 1050 g/mol. The van der Waals surface area contributed by atoms with E-state index in [0.29, 0.717) is 43.9 Å². The highest BCUT2D eigenvalue weighted by Gasteiger charge is 2.63. The van der Waals surface area contributed by atoms with Crippen LogP contribution < -0.4 is 0 Å². The van der Waals surface area contributed by atoms with E-state index in [1.807, 2.05) is 13.8 Å². The van der Waals surface area contributed by atoms with Crippen LogP contribution in [0.5, 0.6) is 0 Å². The molecule has 0 aromatic heterocycles. The zero-order valence-corrected chi connectivity index (χ0v) is 42.8. The Morgan fingerprint density at radius 3 is 1.86 bits per heavy atom. The molecule has 31 atom stereocenters. The van der Waals surface area contributed by atoms with Gasteiger partial charge in [-0.25, -0.2) is 0 Å². The molecule has 4 heterocycles. The van der Waals surface area contributed by atoms with Crippen LogP contribution in [0.2, 0.25) is 0 Å². The van der Waals surface area contributed by atoms with Gasteiger partial charge in [0.2, 0.25) is 0 Å². The number of hydrogen-bond acceptors (Lipinski definition) is 22. The lowest BCUT2D eigenvalue weighted by atomic mass is 9.47. The third-order valence-electron chi connectivity index (χ3n) is 19.0. The van der Waals surface area contributed by atoms with Crippen molar-refractivity contribution in [3.8, 4) is 0 Å². The fraction of sp³-hybridized carbons (Fsp3) is 0.961. The number of fused-ring (bicyclic) bond motifs is 5. The van der Waals surface area contributed by atoms with Gasteiger partial charge in [-0.2, -0.15) is 0 Å². The first-order valence-electron chi connectivity index (χ1n) is 26.7. The van der Waals surface area contributed by atoms with Crippen molar-refractivity contribution in [3.05, 3.63) is 11.6 Å². The summed E-state index contributed by atoms with van der Waals surface area (Å²) in [6, 6.07) is 0. The molecule has 73 heavy (non-hydrogen) atoms. The van der Waals surface area contributed by atoms with Crippen molar-refractivity contribution in [1.82, 2.24) is 0 Å². The third-order valence-corrected chi connectivity index (χ3v) is 19.0. The van der Waals surface area contributed by atoms with Crippen LogP contribution in [0.15, 0.2) is 11.6 Å². The van der Waals surface area contributed by atoms with Crippen molar-refractivity contribution in [2.75, 3.05) is 19.8 Å². The number of aliphatic hydroxyl groups excluding tert-OH is 14. The van der Waals surface area contributed by atoms with Gasteiger partial charge in [0.1, 0.15) is 85.5 Å². The highest BCUT2D eigenvalue weighted by molar-refractivity contribution is 5.26. The van der Waals surface area contributed by atoms with E-state index in [2.05, 4.69) is 19.9 Å². The van der Waals surface area contributed by atoms with Gasteiger partial charge in [-0.1, -0.05) is 39.3 Å². The molecule has 0 amide bonds. The number of allylic oxidation sites excluding steroid dienone is 1. The summed E-state index contributed by atoms with van der Waals surface area (Å²) in [5.41, 5.74) is 0.861. The first-order chi connectivity index (χ1) is 34.4. The first-order valence-corrected chi connectivity index (χ1v) is 26.7. The molecule has 22 heteroatoms. The monoisotopic (exact) mass is 1050 g/mol. The first kappa shape index (κ1) is 58.0. The van der Waals surface area contributed by atoms with Crippen molar-refractivity contribution >= 4 is 0 Å². The molecular formula is C51H86O22. The van der Waals surface area contributed by atoms with Crippen molar-refractivity contribution in [1.29, 1.82) is 0 Å². The number of hydrogen-bond donors (Lipinski definition) is 14. The van der Waals surface area contributed by atoms with Crippen LogP contribution >= 0.6 is 0 Å². The molecule has 0 aromatic rings. The normalized spacial score (nSPS) is 52.6. The van der Waals surface area contributed by atoms with Gasteiger partial charge in [-0.05, 0) is 118 Å². The predicted octanol–water partition coefficient (Wildman–Crippen LogP) is -2.35. The average Bonchev–Trinajstić information content (AvgIpc) is 3.64. The summed E-state index contributed by atoms with van der Waals surface area (Å²) in [7, 11) is 0. The smallest absolute Gasteiger partial charge is 0.187 e. The Morgan fingerprint density at radius 1 is 0.616 bits per heavy atom. The van der Waals surface area contributed by atoms with Gasteiger partial charge in [-0.3, -0.25) is 0 Å². The molecule has 422 valence electrons. The van der Waals surface area contributed by atoms with Crippen molar-refractivity contribution in [2.45, 2.75) is 240 Å². The molecule has 3 unspecified atom stereocenters. The molecule has 14 N–H and O–H groups in total. The van der Waals surface area contributed by atoms with Crippen LogP contribution in [0, 0.1) is 46.3 Å². The summed E-state index contributed by atoms with van der Waals surface area (Å²) < 4.78 is 47.2. The minimum Gasteiger partial charge on any atom is -0.394 e. The van der Waals surface area contributed by atoms with Crippen LogP contribution in [0.25, 0.3) is 0 Å². The van der Waals surface area contributed by atoms with Crippen LogP contribution in [-0.4, -0.2) is 232 Å². The second-order valence-corrected chi connectivity index (χ2v) is 23.6. The lowest BCUT2D eigenvalue weighted by Gasteiger charge is -2.58. The Bertz CT molecular complexity index is 1830. The van der Waals surface area contributed by atoms with E-state index in [4.69, 9.17) is 37.9 Å². The molecule has 8 rings (SSSR count). The maximum atomic E-state index is 11.8. The molecule has 0 spiro atoms. The largest absolute Gasteiger partial charge is 0.394 e. The van der Waals surface area contributed by atoms with E-state index in [-0.39, 0.29) is 41.1 Å². The Kier molecular flexibility index (Phi) is 18.5. The Morgan fingerprint density at radius 2 is 1.19 bits per heavy atom. The molecule has 4 aliphatic carbocycles. The van der Waals surface area contributed by atoms with E-state index in [1.165, 1.54) is 19.4 Å². The van der Waals surface area contributed by atoms with Crippen molar-refractivity contribution < 1.29 is 109 Å². The molecule has 0 bridgehead atoms. The molecular weight excluding hydrogens is 965 g/mol. The van der Waals surface area contributed by atoms with Gasteiger partial charge >= 0.3 is 0 Å². The van der Waals surface area contributed by atoms with E-state index < -0.39 is 154 Å². The van der Waals surface area contributed by atoms with Gasteiger partial charge in [0, 0.05) is 0 Å². The Balaban J connectivity index is 0.874. The standard InChI is InChI=1S/C51H86O22/c1-20(19-66-46-41(63)38(60)35(57)31(17-52)70-46)7-10-29(54)21(2)33-30(55)16-28-26-9-8-24-15-25(11-13-50(24,5)27(26)12-14-51(28,33)6)69-49-45(39(61)36(58)32(18-53)71-49)73-48-43(65)40(62)44(23(4)68-48)72-47-42(64)37(59)34(56)22(3)67-47/h8,20-23,25-49,52-65H,7,9-19H2,1-6H3/t20-,21-,22-,23-,25?,26-,27+,28+,29?,30?,31-,32-,33+,34-,35-,36-,37+,38+,39+,40-,41-,42+,43+,44-,45-,46-,47-,48-,49-,50+,51+/m1/s1. The molecule has 3 saturated carbocycles. The van der Waals surface area contributed by atoms with Gasteiger partial charge in [-0.15, -0.1) is 0 Å². The minimum absolute atomic E-state index is 0.0626. The summed E-state index contributed by atoms with van der Waals surface area (Å²) in [6.07, 6.45) is -21.8. The second kappa shape index (κ2) is 23.3. The third kappa shape index (κ3) is 11.1. The fourth-order valence-electron chi connectivity index (χ4n) is 14.5. The van der Waals surface area contributed by atoms with E-state index in [9.17, 15) is 71.5 Å². The minimum atomic E-state index is -1.80. The molecule has 4 saturated heterocycles. The summed E-state index contributed by atoms with van der Waals surface area (Å²) >= 11 is 0. The summed E-state index contributed by atoms with van der Waals surface area (Å²) in [4.78, 5) is 0. The zero-order chi connectivity index (χ0) is 53.2. The van der Waals surface area contributed by atoms with Crippen LogP contribution in [0.1, 0.15) is 99.3 Å². The van der Waals surface area contributed by atoms with E-state index in [1.54, 1.807) is 0 Å². The van der Waals surface area contributed by atoms with E-state index >= 15 is 0 Å². The van der Waals surface area contributed by atoms with Gasteiger partial charge in [0.05, 0.1) is 50.3 Å². The maximum Gasteiger partial charge on any atom is 0.187 e. The van der Waals surface area contributed by atoms with Gasteiger partial charge in [0.25, 0.3) is 0 Å². The van der Waals surface area contributed by atoms with Gasteiger partial charge in [0.15, 0.2) is 25.2 Å². The highest BCUT2D eigenvalue weighted by Crippen LogP contribution is 2.67. The quantitative estimate of drug-likeness (QED) is 0.0720. The number of rotatable bonds is 16. The van der Waals surface area contributed by atoms with Crippen molar-refractivity contribution in [2.24, 2.45) is 46.3 Å². The molecule has 0 aromatic carbocycles. The molecule has 4 aliphatic heterocycles. The fourth-order valence-corrected chi connectivity index (χ4v) is 14.5. The SMILES string of the molecule is C[C@H](CCC(O)[C@@H](C)[C@H]1C(O)C[C@H]2[C@@H]3CC=C4CC(O[C@@H]5O[C@H](CO)[C@@H](O)[C@H](O)[C@H]5O[C@H]5O[C@H](C)[C@@H](O[C@H]6O[C@H](C)[C@@H](O)[C@H](O)[C@@H]6O)[C@H](O)[C@@H]5O)CC[C@]4(C)[C@H]3CC[C@]12C)CO[C@@H]1O[C@H](CO)[C@@H](O)[C@H](O)[C@H]1O. The van der Waals surface area contributed by atoms with Crippen molar-refractivity contribution in [3.63, 3.8) is 0 Å². The summed E-state index contributed by atoms with van der Waals surface area (Å²) in [5, 5.41) is 150. The number of aliphatic hydroxyl groups is 14. The number of ether oxygens (including phenoxy) is 8. The van der Waals surface area contributed by atoms with Crippen LogP contribution in [-0.2, 0) is 37.9 Å². The predicted molar refractivity (Wildman–Crippen MR) is 251 cm³/mol. The Labute approximate surface area is 426 Å². The topological polar surface area (TPSA) is 357 Å². The second-order valence-electron chi connectivity index (χ2n) is 23.6. The lowest BCUT2D eigenvalue weighted by molar-refractivity contribution is -0.383. The lowest BCUT2D eigenvalue weighted by Crippen LogP contribution is -2.65. The van der Waals surface area contributed by atoms with Gasteiger partial charge < -0.3 is 109 Å². The highest BCUT2D eigenvalue weighted by atomic mass is 16.8. The molecule has 0 radical (unpaired) electrons. The van der Waals surface area contributed by atoms with Crippen LogP contribution in [0.4, 0.5) is 0 Å². The van der Waals surface area contributed by atoms with Crippen LogP contribution in [0.3, 0.4) is 0 Å². The zero-order valence-electron chi connectivity index (χ0n) is 42.8. The van der Waals surface area contributed by atoms with E-state index in [0.717, 1.165) is 25.7 Å². The molecule has 8 aliphatic rings. The summed E-state index contributed by atoms with van der Waals surface area (Å²) in [5.74, 6) is 0.484.